The van der Waals surface area contributed by atoms with E-state index in [1.807, 2.05) is 24.3 Å². The second kappa shape index (κ2) is 11.0. The Balaban J connectivity index is 0.00000289. The molecule has 172 valence electrons. The highest BCUT2D eigenvalue weighted by Gasteiger charge is 2.20. The third-order valence-corrected chi connectivity index (χ3v) is 7.74. The van der Waals surface area contributed by atoms with Crippen LogP contribution in [0.25, 0.3) is 10.9 Å². The normalized spacial score (nSPS) is 15.0. The van der Waals surface area contributed by atoms with Crippen molar-refractivity contribution in [1.29, 1.82) is 0 Å². The smallest absolute Gasteiger partial charge is 0.240 e. The molecule has 0 bridgehead atoms. The number of pyridine rings is 1. The Hall–Kier alpha value is -1.61. The summed E-state index contributed by atoms with van der Waals surface area (Å²) < 4.78 is 27.9. The highest BCUT2D eigenvalue weighted by atomic mass is 35.5. The van der Waals surface area contributed by atoms with E-state index in [1.165, 1.54) is 0 Å². The van der Waals surface area contributed by atoms with Crippen LogP contribution in [-0.4, -0.2) is 57.6 Å². The minimum atomic E-state index is -3.55. The molecule has 1 saturated heterocycles. The second-order valence-electron chi connectivity index (χ2n) is 7.51. The summed E-state index contributed by atoms with van der Waals surface area (Å²) in [6.45, 7) is 4.73. The van der Waals surface area contributed by atoms with Gasteiger partial charge in [0.2, 0.25) is 10.0 Å². The number of sulfonamides is 1. The number of piperazine rings is 1. The van der Waals surface area contributed by atoms with Crippen molar-refractivity contribution in [1.82, 2.24) is 14.6 Å². The number of benzene rings is 2. The fraction of sp³-hybridized carbons (Fsp3) is 0.318. The zero-order valence-corrected chi connectivity index (χ0v) is 20.5. The Bertz CT molecular complexity index is 1170. The maximum Gasteiger partial charge on any atom is 0.240 e. The first-order valence-electron chi connectivity index (χ1n) is 10.2. The van der Waals surface area contributed by atoms with Crippen LogP contribution in [0.2, 0.25) is 10.0 Å². The SMILES string of the molecule is Cl.O=S(=O)(NCCCN1CCN(c2cccc(Cl)c2Cl)CC1)c1ccc2cccnc2c1. The Labute approximate surface area is 205 Å². The number of hydrogen-bond acceptors (Lipinski definition) is 5. The summed E-state index contributed by atoms with van der Waals surface area (Å²) in [5, 5.41) is 2.08. The molecule has 1 fully saturated rings. The number of rotatable bonds is 7. The van der Waals surface area contributed by atoms with Crippen molar-refractivity contribution in [2.75, 3.05) is 44.2 Å². The van der Waals surface area contributed by atoms with Crippen LogP contribution in [0.3, 0.4) is 0 Å². The molecule has 2 heterocycles. The van der Waals surface area contributed by atoms with Crippen molar-refractivity contribution in [3.8, 4) is 0 Å². The van der Waals surface area contributed by atoms with Gasteiger partial charge < -0.3 is 4.90 Å². The van der Waals surface area contributed by atoms with Crippen LogP contribution in [0.15, 0.2) is 59.6 Å². The number of nitrogens with zero attached hydrogens (tertiary/aromatic N) is 3. The molecule has 0 unspecified atom stereocenters. The Morgan fingerprint density at radius 1 is 1.00 bits per heavy atom. The van der Waals surface area contributed by atoms with E-state index < -0.39 is 10.0 Å². The molecule has 10 heteroatoms. The predicted molar refractivity (Wildman–Crippen MR) is 134 cm³/mol. The number of anilines is 1. The molecule has 0 radical (unpaired) electrons. The minimum Gasteiger partial charge on any atom is -0.368 e. The van der Waals surface area contributed by atoms with Gasteiger partial charge in [0.15, 0.2) is 0 Å². The highest BCUT2D eigenvalue weighted by molar-refractivity contribution is 7.89. The molecule has 0 atom stereocenters. The fourth-order valence-electron chi connectivity index (χ4n) is 3.75. The van der Waals surface area contributed by atoms with E-state index in [9.17, 15) is 8.42 Å². The molecule has 4 rings (SSSR count). The zero-order valence-electron chi connectivity index (χ0n) is 17.4. The standard InChI is InChI=1S/C22H24Cl2N4O2S.ClH/c23-19-5-1-6-21(22(19)24)28-14-12-27(13-15-28)11-3-10-26-31(29,30)18-8-7-17-4-2-9-25-20(17)16-18;/h1-2,4-9,16,26H,3,10-15H2;1H. The highest BCUT2D eigenvalue weighted by Crippen LogP contribution is 2.32. The van der Waals surface area contributed by atoms with Crippen LogP contribution in [0.4, 0.5) is 5.69 Å². The molecule has 6 nitrogen and oxygen atoms in total. The number of halogens is 3. The monoisotopic (exact) mass is 514 g/mol. The van der Waals surface area contributed by atoms with E-state index in [-0.39, 0.29) is 17.3 Å². The summed E-state index contributed by atoms with van der Waals surface area (Å²) in [7, 11) is -3.55. The van der Waals surface area contributed by atoms with Gasteiger partial charge in [-0.3, -0.25) is 9.88 Å². The molecule has 0 spiro atoms. The lowest BCUT2D eigenvalue weighted by Gasteiger charge is -2.36. The van der Waals surface area contributed by atoms with Crippen molar-refractivity contribution >= 4 is 62.2 Å². The lowest BCUT2D eigenvalue weighted by molar-refractivity contribution is 0.255. The number of hydrogen-bond donors (Lipinski definition) is 1. The second-order valence-corrected chi connectivity index (χ2v) is 10.1. The molecule has 0 aliphatic carbocycles. The Morgan fingerprint density at radius 3 is 2.56 bits per heavy atom. The quantitative estimate of drug-likeness (QED) is 0.471. The summed E-state index contributed by atoms with van der Waals surface area (Å²) in [6, 6.07) is 14.4. The molecule has 1 N–H and O–H groups in total. The third-order valence-electron chi connectivity index (χ3n) is 5.48. The van der Waals surface area contributed by atoms with Gasteiger partial charge in [0.1, 0.15) is 0 Å². The van der Waals surface area contributed by atoms with Crippen molar-refractivity contribution in [3.63, 3.8) is 0 Å². The lowest BCUT2D eigenvalue weighted by atomic mass is 10.2. The molecule has 3 aromatic rings. The molecule has 2 aromatic carbocycles. The van der Waals surface area contributed by atoms with Gasteiger partial charge >= 0.3 is 0 Å². The molecular formula is C22H25Cl3N4O2S. The average molecular weight is 516 g/mol. The van der Waals surface area contributed by atoms with Gasteiger partial charge in [-0.1, -0.05) is 41.4 Å². The first-order valence-corrected chi connectivity index (χ1v) is 12.4. The van der Waals surface area contributed by atoms with E-state index in [1.54, 1.807) is 30.5 Å². The summed E-state index contributed by atoms with van der Waals surface area (Å²) in [6.07, 6.45) is 2.40. The van der Waals surface area contributed by atoms with E-state index in [0.29, 0.717) is 22.1 Å². The largest absolute Gasteiger partial charge is 0.368 e. The van der Waals surface area contributed by atoms with Crippen molar-refractivity contribution in [3.05, 3.63) is 64.8 Å². The van der Waals surface area contributed by atoms with Gasteiger partial charge in [-0.2, -0.15) is 0 Å². The van der Waals surface area contributed by atoms with Gasteiger partial charge in [0.05, 0.1) is 26.1 Å². The van der Waals surface area contributed by atoms with Crippen LogP contribution < -0.4 is 9.62 Å². The molecule has 0 saturated carbocycles. The van der Waals surface area contributed by atoms with Gasteiger partial charge in [0.25, 0.3) is 0 Å². The van der Waals surface area contributed by atoms with Crippen molar-refractivity contribution in [2.24, 2.45) is 0 Å². The maximum absolute atomic E-state index is 12.6. The summed E-state index contributed by atoms with van der Waals surface area (Å²) >= 11 is 12.5. The predicted octanol–water partition coefficient (Wildman–Crippen LogP) is 4.45. The van der Waals surface area contributed by atoms with Gasteiger partial charge in [-0.15, -0.1) is 12.4 Å². The fourth-order valence-corrected chi connectivity index (χ4v) is 5.26. The molecule has 1 aliphatic heterocycles. The zero-order chi connectivity index (χ0) is 21.8. The Morgan fingerprint density at radius 2 is 1.78 bits per heavy atom. The molecule has 0 amide bonds. The van der Waals surface area contributed by atoms with Gasteiger partial charge in [-0.05, 0) is 43.3 Å². The van der Waals surface area contributed by atoms with Gasteiger partial charge in [0, 0.05) is 44.3 Å². The van der Waals surface area contributed by atoms with Crippen molar-refractivity contribution < 1.29 is 8.42 Å². The molecule has 32 heavy (non-hydrogen) atoms. The molecule has 1 aliphatic rings. The van der Waals surface area contributed by atoms with E-state index in [2.05, 4.69) is 19.5 Å². The first-order chi connectivity index (χ1) is 14.9. The van der Waals surface area contributed by atoms with Crippen LogP contribution >= 0.6 is 35.6 Å². The average Bonchev–Trinajstić information content (AvgIpc) is 2.79. The van der Waals surface area contributed by atoms with Crippen LogP contribution in [0.1, 0.15) is 6.42 Å². The summed E-state index contributed by atoms with van der Waals surface area (Å²) in [4.78, 5) is 9.05. The number of aromatic nitrogens is 1. The Kier molecular flexibility index (Phi) is 8.61. The van der Waals surface area contributed by atoms with Crippen molar-refractivity contribution in [2.45, 2.75) is 11.3 Å². The number of fused-ring (bicyclic) bond motifs is 1. The maximum atomic E-state index is 12.6. The van der Waals surface area contributed by atoms with E-state index >= 15 is 0 Å². The van der Waals surface area contributed by atoms with Crippen LogP contribution in [-0.2, 0) is 10.0 Å². The topological polar surface area (TPSA) is 65.5 Å². The van der Waals surface area contributed by atoms with E-state index in [0.717, 1.165) is 50.2 Å². The molecule has 1 aromatic heterocycles. The van der Waals surface area contributed by atoms with Crippen LogP contribution in [0, 0.1) is 0 Å². The van der Waals surface area contributed by atoms with E-state index in [4.69, 9.17) is 23.2 Å². The third kappa shape index (κ3) is 5.84. The number of nitrogens with one attached hydrogen (secondary N) is 1. The summed E-state index contributed by atoms with van der Waals surface area (Å²) in [5.41, 5.74) is 1.63. The lowest BCUT2D eigenvalue weighted by Crippen LogP contribution is -2.47. The molecular weight excluding hydrogens is 491 g/mol. The van der Waals surface area contributed by atoms with Crippen LogP contribution in [0.5, 0.6) is 0 Å². The first kappa shape index (κ1) is 25.0. The summed E-state index contributed by atoms with van der Waals surface area (Å²) in [5.74, 6) is 0. The minimum absolute atomic E-state index is 0. The van der Waals surface area contributed by atoms with Gasteiger partial charge in [-0.25, -0.2) is 13.1 Å².